The molecule has 0 bridgehead atoms. The van der Waals surface area contributed by atoms with Crippen LogP contribution in [0.4, 0.5) is 5.69 Å². The Hall–Kier alpha value is -4.55. The topological polar surface area (TPSA) is 104 Å². The fourth-order valence-corrected chi connectivity index (χ4v) is 12.9. The summed E-state index contributed by atoms with van der Waals surface area (Å²) in [6, 6.07) is 27.2. The first-order valence-corrected chi connectivity index (χ1v) is 25.4. The molecule has 3 aliphatic carbocycles. The molecule has 0 amide bonds. The molecule has 4 aromatic carbocycles. The third kappa shape index (κ3) is 10.4. The van der Waals surface area contributed by atoms with Gasteiger partial charge in [-0.3, -0.25) is 0 Å². The summed E-state index contributed by atoms with van der Waals surface area (Å²) in [5.74, 6) is 2.55. The van der Waals surface area contributed by atoms with Crippen molar-refractivity contribution in [3.05, 3.63) is 129 Å². The van der Waals surface area contributed by atoms with E-state index < -0.39 is 21.0 Å². The van der Waals surface area contributed by atoms with Crippen LogP contribution in [0.1, 0.15) is 99.3 Å². The standard InChI is InChI=1S/C54H67ClN2O8S/c1-52(2,3)65-51(58)39-16-24-49-48(29-39)56(33-54(34-64-49)25-9-10-38-28-43(55)17-23-47(38)54)32-40-15-22-46(40)50(63-8)41-26-42(27-41)53(4,5)35-66(59,60)57(30-36-11-18-44(61-6)19-12-36)31-37-13-20-45(62-7)21-14-37/h11-14,16-21,23-24,26,28-29,40,42,46,50H,9-10,15,22,25,27,30-35H2,1-8H3/t40-,42-,46+,50-,54-/m0/s1. The van der Waals surface area contributed by atoms with Crippen molar-refractivity contribution < 1.29 is 36.9 Å². The first-order valence-electron chi connectivity index (χ1n) is 23.4. The molecule has 0 radical (unpaired) electrons. The van der Waals surface area contributed by atoms with E-state index in [-0.39, 0.29) is 48.2 Å². The van der Waals surface area contributed by atoms with Crippen LogP contribution in [0.5, 0.6) is 17.2 Å². The normalized spacial score (nSPS) is 22.2. The lowest BCUT2D eigenvalue weighted by Crippen LogP contribution is -2.50. The summed E-state index contributed by atoms with van der Waals surface area (Å²) in [6.45, 7) is 12.4. The van der Waals surface area contributed by atoms with E-state index in [1.54, 1.807) is 25.6 Å². The lowest BCUT2D eigenvalue weighted by Gasteiger charge is -2.49. The van der Waals surface area contributed by atoms with Crippen LogP contribution in [0.25, 0.3) is 0 Å². The zero-order chi connectivity index (χ0) is 47.0. The highest BCUT2D eigenvalue weighted by atomic mass is 35.5. The molecule has 0 unspecified atom stereocenters. The Labute approximate surface area is 397 Å². The monoisotopic (exact) mass is 938 g/mol. The van der Waals surface area contributed by atoms with Crippen LogP contribution in [0, 0.1) is 23.2 Å². The van der Waals surface area contributed by atoms with Crippen molar-refractivity contribution in [2.24, 2.45) is 23.2 Å². The minimum absolute atomic E-state index is 0.00324. The highest BCUT2D eigenvalue weighted by Crippen LogP contribution is 2.51. The second-order valence-electron chi connectivity index (χ2n) is 20.7. The van der Waals surface area contributed by atoms with E-state index in [9.17, 15) is 13.2 Å². The summed E-state index contributed by atoms with van der Waals surface area (Å²) in [7, 11) is 1.32. The number of methoxy groups -OCH3 is 3. The zero-order valence-corrected chi connectivity index (χ0v) is 41.5. The average molecular weight is 940 g/mol. The molecule has 0 saturated heterocycles. The Morgan fingerprint density at radius 3 is 2.12 bits per heavy atom. The average Bonchev–Trinajstić information content (AvgIpc) is 3.39. The quantitative estimate of drug-likeness (QED) is 0.0802. The first-order chi connectivity index (χ1) is 31.4. The third-order valence-corrected chi connectivity index (χ3v) is 16.9. The number of nitrogens with zero attached hydrogens (tertiary/aromatic N) is 2. The zero-order valence-electron chi connectivity index (χ0n) is 39.9. The van der Waals surface area contributed by atoms with E-state index in [0.29, 0.717) is 18.1 Å². The van der Waals surface area contributed by atoms with Gasteiger partial charge in [0, 0.05) is 43.7 Å². The second-order valence-corrected chi connectivity index (χ2v) is 23.1. The van der Waals surface area contributed by atoms with Gasteiger partial charge < -0.3 is 28.6 Å². The van der Waals surface area contributed by atoms with Crippen molar-refractivity contribution in [2.45, 2.75) is 103 Å². The second kappa shape index (κ2) is 19.2. The van der Waals surface area contributed by atoms with Gasteiger partial charge in [-0.15, -0.1) is 0 Å². The fourth-order valence-electron chi connectivity index (χ4n) is 10.7. The Balaban J connectivity index is 1.01. The molecule has 4 aliphatic rings. The number of ether oxygens (including phenoxy) is 5. The molecule has 8 rings (SSSR count). The lowest BCUT2D eigenvalue weighted by molar-refractivity contribution is -0.00188. The molecule has 354 valence electrons. The molecule has 1 heterocycles. The van der Waals surface area contributed by atoms with Gasteiger partial charge in [-0.2, -0.15) is 4.31 Å². The van der Waals surface area contributed by atoms with Gasteiger partial charge in [-0.1, -0.05) is 61.9 Å². The maximum Gasteiger partial charge on any atom is 0.338 e. The Kier molecular flexibility index (Phi) is 14.0. The molecular formula is C54H67ClN2O8S. The van der Waals surface area contributed by atoms with Crippen LogP contribution in [0.15, 0.2) is 96.6 Å². The number of allylic oxidation sites excluding steroid dienone is 1. The summed E-state index contributed by atoms with van der Waals surface area (Å²) in [5.41, 5.74) is 5.60. The smallest absolute Gasteiger partial charge is 0.338 e. The molecule has 1 spiro atoms. The number of halogens is 1. The van der Waals surface area contributed by atoms with E-state index in [1.165, 1.54) is 16.7 Å². The summed E-state index contributed by atoms with van der Waals surface area (Å²) in [6.07, 6.45) is 8.10. The number of anilines is 1. The highest BCUT2D eigenvalue weighted by molar-refractivity contribution is 7.89. The molecule has 12 heteroatoms. The molecule has 5 atom stereocenters. The highest BCUT2D eigenvalue weighted by Gasteiger charge is 2.48. The fraction of sp³-hybridized carbons (Fsp3) is 0.500. The summed E-state index contributed by atoms with van der Waals surface area (Å²) in [5, 5.41) is 0.749. The third-order valence-electron chi connectivity index (χ3n) is 14.5. The molecular weight excluding hydrogens is 872 g/mol. The predicted molar refractivity (Wildman–Crippen MR) is 261 cm³/mol. The van der Waals surface area contributed by atoms with E-state index in [1.807, 2.05) is 93.6 Å². The molecule has 10 nitrogen and oxygen atoms in total. The number of fused-ring (bicyclic) bond motifs is 3. The van der Waals surface area contributed by atoms with Gasteiger partial charge in [-0.05, 0) is 165 Å². The molecule has 1 fully saturated rings. The molecule has 66 heavy (non-hydrogen) atoms. The molecule has 0 N–H and O–H groups in total. The van der Waals surface area contributed by atoms with Crippen LogP contribution < -0.4 is 19.1 Å². The van der Waals surface area contributed by atoms with Crippen molar-refractivity contribution in [1.82, 2.24) is 4.31 Å². The number of rotatable bonds is 16. The van der Waals surface area contributed by atoms with Gasteiger partial charge in [0.1, 0.15) is 22.8 Å². The SMILES string of the molecule is COc1ccc(CN(Cc2ccc(OC)cc2)S(=O)(=O)CC(C)(C)[C@H]2C=C([C@H](OC)[C@@H]3CC[C@H]3CN3C[C@@]4(CCCc5cc(Cl)ccc54)COc4ccc(C(=O)OC(C)(C)C)cc43)C2)cc1. The van der Waals surface area contributed by atoms with Crippen LogP contribution in [0.2, 0.25) is 5.02 Å². The van der Waals surface area contributed by atoms with E-state index >= 15 is 0 Å². The Morgan fingerprint density at radius 2 is 1.55 bits per heavy atom. The Bertz CT molecular complexity index is 2470. The molecule has 1 aliphatic heterocycles. The Morgan fingerprint density at radius 1 is 0.894 bits per heavy atom. The van der Waals surface area contributed by atoms with Crippen LogP contribution in [-0.2, 0) is 44.4 Å². The van der Waals surface area contributed by atoms with Crippen molar-refractivity contribution in [3.8, 4) is 17.2 Å². The number of benzene rings is 4. The molecule has 4 aromatic rings. The van der Waals surface area contributed by atoms with Crippen molar-refractivity contribution >= 4 is 33.3 Å². The summed E-state index contributed by atoms with van der Waals surface area (Å²) >= 11 is 6.54. The van der Waals surface area contributed by atoms with Crippen LogP contribution in [-0.4, -0.2) is 77.2 Å². The van der Waals surface area contributed by atoms with E-state index in [4.69, 9.17) is 35.3 Å². The van der Waals surface area contributed by atoms with Crippen LogP contribution in [0.3, 0.4) is 0 Å². The molecule has 1 saturated carbocycles. The number of carbonyl (C=O) groups excluding carboxylic acids is 1. The maximum atomic E-state index is 14.5. The lowest BCUT2D eigenvalue weighted by atomic mass is 9.62. The summed E-state index contributed by atoms with van der Waals surface area (Å²) < 4.78 is 60.3. The van der Waals surface area contributed by atoms with Gasteiger partial charge >= 0.3 is 5.97 Å². The number of carbonyl (C=O) groups is 1. The van der Waals surface area contributed by atoms with Crippen molar-refractivity contribution in [1.29, 1.82) is 0 Å². The van der Waals surface area contributed by atoms with Crippen LogP contribution >= 0.6 is 11.6 Å². The minimum atomic E-state index is -3.73. The van der Waals surface area contributed by atoms with E-state index in [2.05, 4.69) is 37.0 Å². The molecule has 0 aromatic heterocycles. The number of hydrogen-bond acceptors (Lipinski definition) is 9. The number of esters is 1. The minimum Gasteiger partial charge on any atom is -0.497 e. The summed E-state index contributed by atoms with van der Waals surface area (Å²) in [4.78, 5) is 15.9. The van der Waals surface area contributed by atoms with E-state index in [0.717, 1.165) is 90.7 Å². The largest absolute Gasteiger partial charge is 0.497 e. The first kappa shape index (κ1) is 47.9. The number of aryl methyl sites for hydroxylation is 1. The van der Waals surface area contributed by atoms with Gasteiger partial charge in [0.05, 0.1) is 43.9 Å². The number of sulfonamides is 1. The van der Waals surface area contributed by atoms with Gasteiger partial charge in [-0.25, -0.2) is 13.2 Å². The predicted octanol–water partition coefficient (Wildman–Crippen LogP) is 10.8. The van der Waals surface area contributed by atoms with Gasteiger partial charge in [0.15, 0.2) is 0 Å². The maximum absolute atomic E-state index is 14.5. The van der Waals surface area contributed by atoms with Gasteiger partial charge in [0.2, 0.25) is 10.0 Å². The number of hydrogen-bond donors (Lipinski definition) is 0. The van der Waals surface area contributed by atoms with Crippen molar-refractivity contribution in [3.63, 3.8) is 0 Å². The van der Waals surface area contributed by atoms with Crippen molar-refractivity contribution in [2.75, 3.05) is 51.7 Å². The van der Waals surface area contributed by atoms with Gasteiger partial charge in [0.25, 0.3) is 0 Å².